The summed E-state index contributed by atoms with van der Waals surface area (Å²) < 4.78 is 6.03. The number of nitrogens with one attached hydrogen (secondary N) is 2. The molecule has 0 aromatic carbocycles. The number of nitrogens with zero attached hydrogens (tertiary/aromatic N) is 2. The molecule has 6 heteroatoms. The van der Waals surface area contributed by atoms with Gasteiger partial charge in [0.25, 0.3) is 0 Å². The number of halogens is 1. The van der Waals surface area contributed by atoms with Crippen molar-refractivity contribution in [2.75, 3.05) is 7.11 Å². The normalized spacial score (nSPS) is 10.4. The molecule has 4 aromatic rings. The van der Waals surface area contributed by atoms with Crippen LogP contribution in [0.3, 0.4) is 0 Å². The quantitative estimate of drug-likeness (QED) is 0.550. The molecule has 106 valence electrons. The van der Waals surface area contributed by atoms with E-state index in [9.17, 15) is 0 Å². The van der Waals surface area contributed by atoms with Gasteiger partial charge >= 0.3 is 0 Å². The Labute approximate surface area is 129 Å². The van der Waals surface area contributed by atoms with Gasteiger partial charge in [-0.2, -0.15) is 0 Å². The van der Waals surface area contributed by atoms with Gasteiger partial charge in [0.1, 0.15) is 17.0 Å². The van der Waals surface area contributed by atoms with E-state index in [4.69, 9.17) is 4.74 Å². The Morgan fingerprint density at radius 3 is 2.24 bits per heavy atom. The van der Waals surface area contributed by atoms with E-state index in [0.29, 0.717) is 0 Å². The Morgan fingerprint density at radius 2 is 1.57 bits per heavy atom. The minimum Gasteiger partial charge on any atom is -0.495 e. The van der Waals surface area contributed by atoms with Crippen LogP contribution in [-0.4, -0.2) is 27.0 Å². The SMILES string of the molecule is Brc1cnc2[nH]ccc2c1.COc1cnc2[nH]ccc2c1. The van der Waals surface area contributed by atoms with Crippen molar-refractivity contribution in [3.05, 3.63) is 53.5 Å². The molecule has 21 heavy (non-hydrogen) atoms. The predicted octanol–water partition coefficient (Wildman–Crippen LogP) is 3.90. The monoisotopic (exact) mass is 344 g/mol. The average Bonchev–Trinajstić information content (AvgIpc) is 3.15. The Bertz CT molecular complexity index is 868. The number of pyridine rings is 2. The number of methoxy groups -OCH3 is 1. The lowest BCUT2D eigenvalue weighted by molar-refractivity contribution is 0.413. The minimum absolute atomic E-state index is 0.789. The molecule has 2 N–H and O–H groups in total. The molecule has 0 spiro atoms. The van der Waals surface area contributed by atoms with E-state index in [0.717, 1.165) is 32.3 Å². The van der Waals surface area contributed by atoms with Crippen LogP contribution in [0, 0.1) is 0 Å². The van der Waals surface area contributed by atoms with Gasteiger partial charge in [-0.15, -0.1) is 0 Å². The van der Waals surface area contributed by atoms with Gasteiger partial charge in [0.05, 0.1) is 13.3 Å². The van der Waals surface area contributed by atoms with Crippen molar-refractivity contribution in [3.8, 4) is 5.75 Å². The van der Waals surface area contributed by atoms with Crippen molar-refractivity contribution >= 4 is 38.0 Å². The summed E-state index contributed by atoms with van der Waals surface area (Å²) in [5.41, 5.74) is 1.83. The van der Waals surface area contributed by atoms with E-state index in [2.05, 4.69) is 35.9 Å². The Balaban J connectivity index is 0.000000126. The lowest BCUT2D eigenvalue weighted by Gasteiger charge is -1.96. The molecule has 0 radical (unpaired) electrons. The average molecular weight is 345 g/mol. The van der Waals surface area contributed by atoms with Crippen molar-refractivity contribution in [1.82, 2.24) is 19.9 Å². The fourth-order valence-corrected chi connectivity index (χ4v) is 2.29. The van der Waals surface area contributed by atoms with E-state index in [1.807, 2.05) is 36.7 Å². The molecule has 0 aliphatic rings. The van der Waals surface area contributed by atoms with Gasteiger partial charge < -0.3 is 14.7 Å². The Kier molecular flexibility index (Phi) is 3.87. The van der Waals surface area contributed by atoms with Crippen LogP contribution in [-0.2, 0) is 0 Å². The first kappa shape index (κ1) is 13.6. The maximum absolute atomic E-state index is 5.02. The lowest BCUT2D eigenvalue weighted by atomic mass is 10.3. The smallest absolute Gasteiger partial charge is 0.137 e. The fraction of sp³-hybridized carbons (Fsp3) is 0.0667. The number of aromatic amines is 2. The van der Waals surface area contributed by atoms with Gasteiger partial charge in [-0.1, -0.05) is 0 Å². The molecule has 0 bridgehead atoms. The Hall–Kier alpha value is -2.34. The summed E-state index contributed by atoms with van der Waals surface area (Å²) in [6.07, 6.45) is 7.21. The standard InChI is InChI=1S/C8H8N2O.C7H5BrN2/c1-11-7-4-6-2-3-9-8(6)10-5-7;8-6-3-5-1-2-9-7(5)10-4-6/h2-5H,1H3,(H,9,10);1-4H,(H,9,10). The number of fused-ring (bicyclic) bond motifs is 2. The largest absolute Gasteiger partial charge is 0.495 e. The van der Waals surface area contributed by atoms with E-state index < -0.39 is 0 Å². The van der Waals surface area contributed by atoms with Gasteiger partial charge in [0, 0.05) is 33.8 Å². The number of aromatic nitrogens is 4. The molecule has 0 atom stereocenters. The van der Waals surface area contributed by atoms with Crippen LogP contribution in [0.5, 0.6) is 5.75 Å². The molecule has 0 aliphatic carbocycles. The van der Waals surface area contributed by atoms with E-state index in [-0.39, 0.29) is 0 Å². The van der Waals surface area contributed by atoms with Crippen LogP contribution in [0.4, 0.5) is 0 Å². The van der Waals surface area contributed by atoms with E-state index in [1.54, 1.807) is 19.5 Å². The minimum atomic E-state index is 0.789. The Morgan fingerprint density at radius 1 is 0.952 bits per heavy atom. The predicted molar refractivity (Wildman–Crippen MR) is 86.4 cm³/mol. The maximum atomic E-state index is 5.02. The van der Waals surface area contributed by atoms with E-state index in [1.165, 1.54) is 0 Å². The van der Waals surface area contributed by atoms with Crippen molar-refractivity contribution in [2.24, 2.45) is 0 Å². The molecule has 0 saturated heterocycles. The summed E-state index contributed by atoms with van der Waals surface area (Å²) in [5, 5.41) is 2.21. The maximum Gasteiger partial charge on any atom is 0.137 e. The van der Waals surface area contributed by atoms with Crippen molar-refractivity contribution in [1.29, 1.82) is 0 Å². The molecule has 4 rings (SSSR count). The van der Waals surface area contributed by atoms with Gasteiger partial charge in [0.2, 0.25) is 0 Å². The second kappa shape index (κ2) is 5.97. The number of hydrogen-bond donors (Lipinski definition) is 2. The lowest BCUT2D eigenvalue weighted by Crippen LogP contribution is -1.83. The molecule has 4 heterocycles. The zero-order chi connectivity index (χ0) is 14.7. The van der Waals surface area contributed by atoms with Gasteiger partial charge in [-0.3, -0.25) is 0 Å². The molecular weight excluding hydrogens is 332 g/mol. The summed E-state index contributed by atoms with van der Waals surface area (Å²) >= 11 is 3.34. The molecular formula is C15H13BrN4O. The third-order valence-corrected chi connectivity index (χ3v) is 3.41. The molecule has 0 aliphatic heterocycles. The summed E-state index contributed by atoms with van der Waals surface area (Å²) in [6.45, 7) is 0. The molecule has 5 nitrogen and oxygen atoms in total. The van der Waals surface area contributed by atoms with Gasteiger partial charge in [-0.05, 0) is 40.2 Å². The number of H-pyrrole nitrogens is 2. The molecule has 0 fully saturated rings. The second-order valence-corrected chi connectivity index (χ2v) is 5.28. The first-order valence-electron chi connectivity index (χ1n) is 6.32. The zero-order valence-corrected chi connectivity index (χ0v) is 12.9. The molecule has 4 aromatic heterocycles. The van der Waals surface area contributed by atoms with Crippen LogP contribution < -0.4 is 4.74 Å². The first-order chi connectivity index (χ1) is 10.3. The molecule has 0 saturated carbocycles. The molecule has 0 unspecified atom stereocenters. The molecule has 0 amide bonds. The summed E-state index contributed by atoms with van der Waals surface area (Å²) in [4.78, 5) is 14.3. The topological polar surface area (TPSA) is 66.6 Å². The van der Waals surface area contributed by atoms with Crippen molar-refractivity contribution in [2.45, 2.75) is 0 Å². The zero-order valence-electron chi connectivity index (χ0n) is 11.3. The number of ether oxygens (including phenoxy) is 1. The highest BCUT2D eigenvalue weighted by Gasteiger charge is 1.96. The highest BCUT2D eigenvalue weighted by atomic mass is 79.9. The first-order valence-corrected chi connectivity index (χ1v) is 7.11. The van der Waals surface area contributed by atoms with E-state index >= 15 is 0 Å². The summed E-state index contributed by atoms with van der Waals surface area (Å²) in [7, 11) is 1.63. The number of hydrogen-bond acceptors (Lipinski definition) is 3. The van der Waals surface area contributed by atoms with Crippen LogP contribution in [0.15, 0.2) is 53.5 Å². The van der Waals surface area contributed by atoms with Crippen molar-refractivity contribution < 1.29 is 4.74 Å². The second-order valence-electron chi connectivity index (χ2n) is 4.36. The highest BCUT2D eigenvalue weighted by molar-refractivity contribution is 9.10. The van der Waals surface area contributed by atoms with Crippen molar-refractivity contribution in [3.63, 3.8) is 0 Å². The highest BCUT2D eigenvalue weighted by Crippen LogP contribution is 2.16. The summed E-state index contributed by atoms with van der Waals surface area (Å²) in [5.74, 6) is 0.789. The van der Waals surface area contributed by atoms with Crippen LogP contribution in [0.2, 0.25) is 0 Å². The fourth-order valence-electron chi connectivity index (χ4n) is 1.94. The van der Waals surface area contributed by atoms with Gasteiger partial charge in [-0.25, -0.2) is 9.97 Å². The van der Waals surface area contributed by atoms with Crippen LogP contribution in [0.25, 0.3) is 22.1 Å². The third-order valence-electron chi connectivity index (χ3n) is 2.98. The van der Waals surface area contributed by atoms with Crippen LogP contribution >= 0.6 is 15.9 Å². The van der Waals surface area contributed by atoms with Crippen LogP contribution in [0.1, 0.15) is 0 Å². The van der Waals surface area contributed by atoms with Gasteiger partial charge in [0.15, 0.2) is 0 Å². The number of rotatable bonds is 1. The summed E-state index contributed by atoms with van der Waals surface area (Å²) in [6, 6.07) is 7.93. The third kappa shape index (κ3) is 3.05.